The summed E-state index contributed by atoms with van der Waals surface area (Å²) in [5, 5.41) is 4.04. The number of amides is 2. The molecule has 10 nitrogen and oxygen atoms in total. The number of aromatic nitrogens is 3. The van der Waals surface area contributed by atoms with Crippen LogP contribution in [-0.4, -0.2) is 63.3 Å². The molecule has 1 aliphatic rings. The minimum Gasteiger partial charge on any atom is -0.472 e. The minimum atomic E-state index is -4.60. The number of rotatable bonds is 6. The van der Waals surface area contributed by atoms with Crippen molar-refractivity contribution >= 4 is 11.9 Å². The first kappa shape index (κ1) is 24.3. The SMILES string of the molecule is CN(C)C(=O)N1CC(C(F)(F)F)C1c1nc(OCc2ccc(CN)cc2)n(C(=O)c2ccoc2)n1. The highest BCUT2D eigenvalue weighted by molar-refractivity contribution is 5.95. The Balaban J connectivity index is 1.68. The first-order valence-corrected chi connectivity index (χ1v) is 10.6. The van der Waals surface area contributed by atoms with Crippen LogP contribution in [0.4, 0.5) is 18.0 Å². The van der Waals surface area contributed by atoms with E-state index in [1.54, 1.807) is 24.3 Å². The molecule has 2 unspecified atom stereocenters. The molecule has 2 amide bonds. The number of urea groups is 1. The predicted molar refractivity (Wildman–Crippen MR) is 115 cm³/mol. The molecule has 0 spiro atoms. The first-order chi connectivity index (χ1) is 16.6. The van der Waals surface area contributed by atoms with E-state index in [9.17, 15) is 22.8 Å². The van der Waals surface area contributed by atoms with E-state index in [-0.39, 0.29) is 24.0 Å². The van der Waals surface area contributed by atoms with Crippen LogP contribution in [0, 0.1) is 5.92 Å². The molecule has 1 aliphatic heterocycles. The Morgan fingerprint density at radius 3 is 2.46 bits per heavy atom. The first-order valence-electron chi connectivity index (χ1n) is 10.6. The van der Waals surface area contributed by atoms with Crippen molar-refractivity contribution in [2.75, 3.05) is 20.6 Å². The molecule has 3 aromatic rings. The van der Waals surface area contributed by atoms with E-state index in [1.165, 1.54) is 32.7 Å². The highest BCUT2D eigenvalue weighted by Gasteiger charge is 2.58. The molecule has 35 heavy (non-hydrogen) atoms. The van der Waals surface area contributed by atoms with Crippen molar-refractivity contribution in [2.45, 2.75) is 25.4 Å². The lowest BCUT2D eigenvalue weighted by atomic mass is 9.87. The summed E-state index contributed by atoms with van der Waals surface area (Å²) in [6, 6.07) is 6.08. The van der Waals surface area contributed by atoms with Gasteiger partial charge in [-0.2, -0.15) is 18.2 Å². The molecule has 0 aliphatic carbocycles. The topological polar surface area (TPSA) is 120 Å². The number of carbonyl (C=O) groups excluding carboxylic acids is 2. The summed E-state index contributed by atoms with van der Waals surface area (Å²) < 4.78 is 52.4. The summed E-state index contributed by atoms with van der Waals surface area (Å²) in [7, 11) is 2.86. The Hall–Kier alpha value is -3.87. The van der Waals surface area contributed by atoms with Crippen molar-refractivity contribution in [3.8, 4) is 6.01 Å². The molecule has 1 saturated heterocycles. The summed E-state index contributed by atoms with van der Waals surface area (Å²) in [4.78, 5) is 31.7. The highest BCUT2D eigenvalue weighted by Crippen LogP contribution is 2.47. The van der Waals surface area contributed by atoms with Crippen molar-refractivity contribution in [3.05, 3.63) is 65.4 Å². The Kier molecular flexibility index (Phi) is 6.52. The van der Waals surface area contributed by atoms with E-state index in [4.69, 9.17) is 14.9 Å². The smallest absolute Gasteiger partial charge is 0.395 e. The van der Waals surface area contributed by atoms with Gasteiger partial charge in [0, 0.05) is 27.2 Å². The van der Waals surface area contributed by atoms with Gasteiger partial charge in [-0.15, -0.1) is 9.78 Å². The number of benzene rings is 1. The van der Waals surface area contributed by atoms with Crippen LogP contribution in [-0.2, 0) is 13.2 Å². The lowest BCUT2D eigenvalue weighted by molar-refractivity contribution is -0.225. The number of halogens is 3. The Labute approximate surface area is 198 Å². The number of furan rings is 1. The minimum absolute atomic E-state index is 0.0324. The quantitative estimate of drug-likeness (QED) is 0.562. The van der Waals surface area contributed by atoms with Gasteiger partial charge in [-0.3, -0.25) is 4.79 Å². The van der Waals surface area contributed by atoms with E-state index in [0.29, 0.717) is 6.54 Å². The highest BCUT2D eigenvalue weighted by atomic mass is 19.4. The number of carbonyl (C=O) groups is 2. The maximum Gasteiger partial charge on any atom is 0.395 e. The van der Waals surface area contributed by atoms with Crippen LogP contribution >= 0.6 is 0 Å². The third-order valence-corrected chi connectivity index (χ3v) is 5.60. The van der Waals surface area contributed by atoms with E-state index >= 15 is 0 Å². The molecule has 13 heteroatoms. The van der Waals surface area contributed by atoms with Crippen molar-refractivity contribution < 1.29 is 31.9 Å². The maximum absolute atomic E-state index is 13.7. The molecule has 0 bridgehead atoms. The van der Waals surface area contributed by atoms with Gasteiger partial charge in [-0.05, 0) is 17.2 Å². The lowest BCUT2D eigenvalue weighted by Crippen LogP contribution is -2.60. The molecule has 1 fully saturated rings. The molecule has 0 saturated carbocycles. The van der Waals surface area contributed by atoms with Gasteiger partial charge >= 0.3 is 18.2 Å². The van der Waals surface area contributed by atoms with E-state index in [0.717, 1.165) is 25.6 Å². The van der Waals surface area contributed by atoms with Crippen LogP contribution in [0.3, 0.4) is 0 Å². The number of alkyl halides is 3. The van der Waals surface area contributed by atoms with E-state index in [1.807, 2.05) is 0 Å². The van der Waals surface area contributed by atoms with Crippen molar-refractivity contribution in [1.29, 1.82) is 0 Å². The van der Waals surface area contributed by atoms with Crippen LogP contribution in [0.5, 0.6) is 6.01 Å². The Morgan fingerprint density at radius 2 is 1.89 bits per heavy atom. The Morgan fingerprint density at radius 1 is 1.20 bits per heavy atom. The third kappa shape index (κ3) is 4.85. The van der Waals surface area contributed by atoms with Crippen LogP contribution in [0.2, 0.25) is 0 Å². The van der Waals surface area contributed by atoms with E-state index < -0.39 is 36.6 Å². The molecule has 2 aromatic heterocycles. The molecular formula is C22H23F3N6O4. The van der Waals surface area contributed by atoms with Crippen molar-refractivity contribution in [3.63, 3.8) is 0 Å². The molecule has 186 valence electrons. The monoisotopic (exact) mass is 492 g/mol. The molecular weight excluding hydrogens is 469 g/mol. The van der Waals surface area contributed by atoms with Crippen LogP contribution in [0.25, 0.3) is 0 Å². The fourth-order valence-corrected chi connectivity index (χ4v) is 3.65. The van der Waals surface area contributed by atoms with Gasteiger partial charge in [0.1, 0.15) is 24.8 Å². The van der Waals surface area contributed by atoms with Crippen LogP contribution < -0.4 is 10.5 Å². The largest absolute Gasteiger partial charge is 0.472 e. The second kappa shape index (κ2) is 9.41. The predicted octanol–water partition coefficient (Wildman–Crippen LogP) is 2.81. The number of nitrogens with two attached hydrogens (primary N) is 1. The summed E-state index contributed by atoms with van der Waals surface area (Å²) in [6.07, 6.45) is -2.16. The average molecular weight is 492 g/mol. The summed E-state index contributed by atoms with van der Waals surface area (Å²) in [6.45, 7) is -0.212. The maximum atomic E-state index is 13.7. The van der Waals surface area contributed by atoms with Gasteiger partial charge < -0.3 is 24.7 Å². The number of hydrogen-bond acceptors (Lipinski definition) is 7. The third-order valence-electron chi connectivity index (χ3n) is 5.60. The zero-order chi connectivity index (χ0) is 25.3. The summed E-state index contributed by atoms with van der Waals surface area (Å²) in [5.41, 5.74) is 7.32. The number of ether oxygens (including phenoxy) is 1. The number of nitrogens with zero attached hydrogens (tertiary/aromatic N) is 5. The molecule has 0 radical (unpaired) electrons. The fraction of sp³-hybridized carbons (Fsp3) is 0.364. The standard InChI is InChI=1S/C22H23F3N6O4/c1-29(2)21(33)30-10-16(22(23,24)25)17(30)18-27-20(31(28-18)19(32)15-7-8-34-12-15)35-11-14-5-3-13(9-26)4-6-14/h3-8,12,16-17H,9-11,26H2,1-2H3. The molecule has 3 heterocycles. The van der Waals surface area contributed by atoms with Crippen LogP contribution in [0.1, 0.15) is 33.4 Å². The van der Waals surface area contributed by atoms with Crippen LogP contribution in [0.15, 0.2) is 47.3 Å². The lowest BCUT2D eigenvalue weighted by Gasteiger charge is -2.47. The van der Waals surface area contributed by atoms with Gasteiger partial charge in [0.15, 0.2) is 5.82 Å². The van der Waals surface area contributed by atoms with Crippen molar-refractivity contribution in [2.24, 2.45) is 11.7 Å². The van der Waals surface area contributed by atoms with Crippen molar-refractivity contribution in [1.82, 2.24) is 24.6 Å². The zero-order valence-electron chi connectivity index (χ0n) is 18.9. The summed E-state index contributed by atoms with van der Waals surface area (Å²) >= 11 is 0. The Bertz CT molecular complexity index is 1190. The normalized spacial score (nSPS) is 17.7. The molecule has 1 aromatic carbocycles. The molecule has 2 N–H and O–H groups in total. The van der Waals surface area contributed by atoms with Gasteiger partial charge in [0.25, 0.3) is 5.91 Å². The van der Waals surface area contributed by atoms with Gasteiger partial charge in [-0.25, -0.2) is 4.79 Å². The molecule has 2 atom stereocenters. The van der Waals surface area contributed by atoms with E-state index in [2.05, 4.69) is 10.1 Å². The second-order valence-electron chi connectivity index (χ2n) is 8.21. The van der Waals surface area contributed by atoms with Gasteiger partial charge in [0.2, 0.25) is 0 Å². The average Bonchev–Trinajstić information content (AvgIpc) is 3.46. The summed E-state index contributed by atoms with van der Waals surface area (Å²) in [5.74, 6) is -2.94. The van der Waals surface area contributed by atoms with Gasteiger partial charge in [-0.1, -0.05) is 24.3 Å². The molecule has 4 rings (SSSR count). The fourth-order valence-electron chi connectivity index (χ4n) is 3.65. The van der Waals surface area contributed by atoms with Gasteiger partial charge in [0.05, 0.1) is 11.8 Å². The number of likely N-dealkylation sites (tertiary alicyclic amines) is 1. The second-order valence-corrected chi connectivity index (χ2v) is 8.21. The zero-order valence-corrected chi connectivity index (χ0v) is 18.9. The number of hydrogen-bond donors (Lipinski definition) is 1.